The maximum absolute atomic E-state index is 11.1. The highest BCUT2D eigenvalue weighted by atomic mass is 32.2. The number of benzene rings is 2. The van der Waals surface area contributed by atoms with E-state index in [4.69, 9.17) is 15.9 Å². The van der Waals surface area contributed by atoms with Crippen LogP contribution < -0.4 is 10.9 Å². The number of pyridine rings is 1. The summed E-state index contributed by atoms with van der Waals surface area (Å²) in [6.07, 6.45) is 4.69. The van der Waals surface area contributed by atoms with Crippen molar-refractivity contribution in [2.45, 2.75) is 11.3 Å². The van der Waals surface area contributed by atoms with Crippen LogP contribution in [0.5, 0.6) is 0 Å². The van der Waals surface area contributed by atoms with Crippen LogP contribution in [-0.2, 0) is 6.42 Å². The number of aldehydes is 1. The molecule has 6 nitrogen and oxygen atoms in total. The number of nitrogens with two attached hydrogens (primary N) is 2. The molecule has 8 heteroatoms. The van der Waals surface area contributed by atoms with Gasteiger partial charge in [0.2, 0.25) is 5.13 Å². The quantitative estimate of drug-likeness (QED) is 0.212. The Balaban J connectivity index is 1.89. The van der Waals surface area contributed by atoms with Gasteiger partial charge in [0.05, 0.1) is 5.71 Å². The molecule has 0 spiro atoms. The summed E-state index contributed by atoms with van der Waals surface area (Å²) in [5.41, 5.74) is 12.1. The highest BCUT2D eigenvalue weighted by Crippen LogP contribution is 2.27. The van der Waals surface area contributed by atoms with Crippen LogP contribution in [0.15, 0.2) is 100.0 Å². The van der Waals surface area contributed by atoms with E-state index < -0.39 is 0 Å². The van der Waals surface area contributed by atoms with Crippen LogP contribution in [0.1, 0.15) is 27.2 Å². The van der Waals surface area contributed by atoms with E-state index in [1.807, 2.05) is 66.7 Å². The molecule has 2 heterocycles. The average Bonchev–Trinajstić information content (AvgIpc) is 3.35. The van der Waals surface area contributed by atoms with E-state index in [0.717, 1.165) is 27.2 Å². The lowest BCUT2D eigenvalue weighted by Gasteiger charge is -2.16. The summed E-state index contributed by atoms with van der Waals surface area (Å²) >= 11 is 2.51. The predicted molar refractivity (Wildman–Crippen MR) is 136 cm³/mol. The lowest BCUT2D eigenvalue weighted by molar-refractivity contribution is 0.111. The molecule has 4 rings (SSSR count). The molecular weight excluding hydrogens is 450 g/mol. The molecule has 0 radical (unpaired) electrons. The third-order valence-electron chi connectivity index (χ3n) is 4.93. The number of aliphatic imine (C=N–C) groups is 1. The van der Waals surface area contributed by atoms with Crippen molar-refractivity contribution in [2.24, 2.45) is 15.9 Å². The van der Waals surface area contributed by atoms with Crippen LogP contribution >= 0.6 is 23.3 Å². The second-order valence-corrected chi connectivity index (χ2v) is 8.61. The molecular formula is C25H21N5OS2. The van der Waals surface area contributed by atoms with Crippen molar-refractivity contribution in [1.82, 2.24) is 9.97 Å². The number of rotatable bonds is 8. The molecule has 0 unspecified atom stereocenters. The molecule has 0 atom stereocenters. The monoisotopic (exact) mass is 471 g/mol. The van der Waals surface area contributed by atoms with Crippen molar-refractivity contribution in [3.05, 3.63) is 112 Å². The van der Waals surface area contributed by atoms with Crippen LogP contribution in [0.4, 0.5) is 5.13 Å². The molecule has 0 aliphatic rings. The van der Waals surface area contributed by atoms with Gasteiger partial charge in [-0.25, -0.2) is 9.98 Å². The number of carbonyl (C=O) groups excluding carboxylic acids is 1. The molecule has 0 aliphatic carbocycles. The number of nitrogens with zero attached hydrogens (tertiary/aromatic N) is 3. The first kappa shape index (κ1) is 22.6. The van der Waals surface area contributed by atoms with Gasteiger partial charge in [-0.1, -0.05) is 42.5 Å². The summed E-state index contributed by atoms with van der Waals surface area (Å²) in [6, 6.07) is 21.6. The Kier molecular flexibility index (Phi) is 7.41. The summed E-state index contributed by atoms with van der Waals surface area (Å²) in [7, 11) is 0. The maximum atomic E-state index is 11.1. The zero-order valence-electron chi connectivity index (χ0n) is 17.6. The van der Waals surface area contributed by atoms with Crippen LogP contribution in [-0.4, -0.2) is 22.0 Å². The smallest absolute Gasteiger partial charge is 0.210 e. The van der Waals surface area contributed by atoms with Gasteiger partial charge in [-0.15, -0.1) is 11.3 Å². The predicted octanol–water partition coefficient (Wildman–Crippen LogP) is 5.05. The Morgan fingerprint density at radius 1 is 1.00 bits per heavy atom. The molecule has 4 aromatic rings. The number of hydrogen-bond donors (Lipinski definition) is 2. The van der Waals surface area contributed by atoms with Gasteiger partial charge in [0.25, 0.3) is 0 Å². The zero-order chi connectivity index (χ0) is 23.0. The van der Waals surface area contributed by atoms with Gasteiger partial charge in [-0.2, -0.15) is 0 Å². The van der Waals surface area contributed by atoms with E-state index in [1.54, 1.807) is 17.8 Å². The normalized spacial score (nSPS) is 12.3. The number of thiazole rings is 1. The Morgan fingerprint density at radius 2 is 1.73 bits per heavy atom. The van der Waals surface area contributed by atoms with Crippen LogP contribution in [0, 0.1) is 0 Å². The van der Waals surface area contributed by atoms with Crippen molar-refractivity contribution < 1.29 is 4.79 Å². The summed E-state index contributed by atoms with van der Waals surface area (Å²) in [4.78, 5) is 25.4. The van der Waals surface area contributed by atoms with Crippen LogP contribution in [0.2, 0.25) is 0 Å². The molecule has 0 bridgehead atoms. The third kappa shape index (κ3) is 5.61. The highest BCUT2D eigenvalue weighted by molar-refractivity contribution is 7.97. The molecule has 0 aliphatic heterocycles. The first-order valence-corrected chi connectivity index (χ1v) is 11.8. The summed E-state index contributed by atoms with van der Waals surface area (Å²) in [5, 5.41) is 7.85. The van der Waals surface area contributed by atoms with E-state index in [2.05, 4.69) is 9.97 Å². The van der Waals surface area contributed by atoms with Crippen molar-refractivity contribution in [2.75, 3.05) is 0 Å². The van der Waals surface area contributed by atoms with Gasteiger partial charge in [0.15, 0.2) is 6.29 Å². The first-order chi connectivity index (χ1) is 16.2. The number of allylic oxidation sites excluding steroid dienone is 1. The molecule has 0 saturated heterocycles. The summed E-state index contributed by atoms with van der Waals surface area (Å²) in [6.45, 7) is 0. The van der Waals surface area contributed by atoms with Gasteiger partial charge in [0, 0.05) is 45.9 Å². The third-order valence-corrected chi connectivity index (χ3v) is 6.22. The van der Waals surface area contributed by atoms with E-state index >= 15 is 0 Å². The maximum Gasteiger partial charge on any atom is 0.210 e. The van der Waals surface area contributed by atoms with Crippen molar-refractivity contribution in [1.29, 1.82) is 0 Å². The second-order valence-electron chi connectivity index (χ2n) is 7.07. The minimum absolute atomic E-state index is 0.351. The van der Waals surface area contributed by atoms with Crippen molar-refractivity contribution >= 4 is 46.1 Å². The lowest BCUT2D eigenvalue weighted by atomic mass is 9.92. The van der Waals surface area contributed by atoms with E-state index in [-0.39, 0.29) is 0 Å². The van der Waals surface area contributed by atoms with Crippen molar-refractivity contribution in [3.63, 3.8) is 0 Å². The largest absolute Gasteiger partial charge is 0.398 e. The Bertz CT molecular complexity index is 1280. The topological polar surface area (TPSA) is 107 Å². The Labute approximate surface area is 200 Å². The second kappa shape index (κ2) is 10.8. The first-order valence-electron chi connectivity index (χ1n) is 10.1. The Hall–Kier alpha value is -3.59. The minimum atomic E-state index is 0.351. The van der Waals surface area contributed by atoms with Gasteiger partial charge >= 0.3 is 0 Å². The molecule has 33 heavy (non-hydrogen) atoms. The molecule has 2 aromatic carbocycles. The van der Waals surface area contributed by atoms with Gasteiger partial charge in [0.1, 0.15) is 5.69 Å². The molecule has 0 saturated carbocycles. The van der Waals surface area contributed by atoms with E-state index in [0.29, 0.717) is 34.9 Å². The van der Waals surface area contributed by atoms with E-state index in [1.165, 1.54) is 23.3 Å². The van der Waals surface area contributed by atoms with Crippen LogP contribution in [0.3, 0.4) is 0 Å². The number of hydrogen-bond acceptors (Lipinski definition) is 8. The summed E-state index contributed by atoms with van der Waals surface area (Å²) < 4.78 is 0. The fourth-order valence-electron chi connectivity index (χ4n) is 3.28. The number of carbonyl (C=O) groups is 1. The van der Waals surface area contributed by atoms with E-state index in [9.17, 15) is 4.79 Å². The molecule has 0 fully saturated rings. The van der Waals surface area contributed by atoms with Gasteiger partial charge < -0.3 is 5.73 Å². The standard InChI is InChI=1S/C25H21N5OS2/c26-23(18-4-2-1-3-5-18)22(14-17-6-8-21(33-27)9-7-17)24(19-10-12-28-13-11-19)30-25-29-20(15-31)16-32-25/h1-13,15-16H,14,26-27H2. The summed E-state index contributed by atoms with van der Waals surface area (Å²) in [5.74, 6) is 0. The zero-order valence-corrected chi connectivity index (χ0v) is 19.2. The molecule has 2 aromatic heterocycles. The fraction of sp³-hybridized carbons (Fsp3) is 0.0400. The molecule has 164 valence electrons. The molecule has 0 amide bonds. The SMILES string of the molecule is NSc1ccc(CC(C(=Nc2nc(C=O)cs2)c2ccncc2)=C(N)c2ccccc2)cc1. The number of aromatic nitrogens is 2. The molecule has 4 N–H and O–H groups in total. The highest BCUT2D eigenvalue weighted by Gasteiger charge is 2.17. The lowest BCUT2D eigenvalue weighted by Crippen LogP contribution is -2.14. The minimum Gasteiger partial charge on any atom is -0.398 e. The average molecular weight is 472 g/mol. The van der Waals surface area contributed by atoms with Gasteiger partial charge in [-0.3, -0.25) is 14.9 Å². The fourth-order valence-corrected chi connectivity index (χ4v) is 4.21. The van der Waals surface area contributed by atoms with Gasteiger partial charge in [-0.05, 0) is 47.3 Å². The van der Waals surface area contributed by atoms with Crippen LogP contribution in [0.25, 0.3) is 5.70 Å². The van der Waals surface area contributed by atoms with Crippen molar-refractivity contribution in [3.8, 4) is 0 Å². The Morgan fingerprint density at radius 3 is 2.36 bits per heavy atom.